The van der Waals surface area contributed by atoms with Gasteiger partial charge in [0.15, 0.2) is 0 Å². The lowest BCUT2D eigenvalue weighted by atomic mass is 10.1. The predicted molar refractivity (Wildman–Crippen MR) is 92.1 cm³/mol. The summed E-state index contributed by atoms with van der Waals surface area (Å²) in [4.78, 5) is 0. The number of aromatic hydroxyl groups is 1. The molecule has 2 aromatic carbocycles. The summed E-state index contributed by atoms with van der Waals surface area (Å²) in [5, 5.41) is 19.6. The van der Waals surface area contributed by atoms with Crippen LogP contribution in [0, 0.1) is 0 Å². The maximum absolute atomic E-state index is 9.28. The second-order valence-electron chi connectivity index (χ2n) is 5.41. The fraction of sp³-hybridized carbons (Fsp3) is 0. The first kappa shape index (κ1) is 13.5. The molecule has 2 aliphatic carbocycles. The molecular formula is C20H14N2O. The fourth-order valence-corrected chi connectivity index (χ4v) is 2.54. The molecule has 3 heteroatoms. The molecule has 0 amide bonds. The first-order valence-corrected chi connectivity index (χ1v) is 7.41. The van der Waals surface area contributed by atoms with E-state index in [0.29, 0.717) is 0 Å². The molecule has 2 aliphatic rings. The quantitative estimate of drug-likeness (QED) is 0.489. The van der Waals surface area contributed by atoms with Crippen molar-refractivity contribution >= 4 is 10.8 Å². The Bertz CT molecular complexity index is 955. The van der Waals surface area contributed by atoms with Gasteiger partial charge in [0.2, 0.25) is 0 Å². The van der Waals surface area contributed by atoms with Crippen LogP contribution < -0.4 is 0 Å². The molecule has 0 saturated heterocycles. The Morgan fingerprint density at radius 2 is 1.43 bits per heavy atom. The molecule has 0 fully saturated rings. The minimum atomic E-state index is 0.252. The highest BCUT2D eigenvalue weighted by atomic mass is 16.3. The average molecular weight is 298 g/mol. The highest BCUT2D eigenvalue weighted by molar-refractivity contribution is 5.93. The number of aromatic nitrogens is 2. The van der Waals surface area contributed by atoms with Crippen molar-refractivity contribution in [2.75, 3.05) is 0 Å². The van der Waals surface area contributed by atoms with Gasteiger partial charge in [-0.05, 0) is 41.5 Å². The molecule has 3 aromatic rings. The van der Waals surface area contributed by atoms with Gasteiger partial charge in [-0.25, -0.2) is 0 Å². The van der Waals surface area contributed by atoms with E-state index in [1.54, 1.807) is 18.3 Å². The average Bonchev–Trinajstić information content (AvgIpc) is 3.21. The molecule has 0 aliphatic heterocycles. The summed E-state index contributed by atoms with van der Waals surface area (Å²) in [6, 6.07) is 23.4. The summed E-state index contributed by atoms with van der Waals surface area (Å²) in [6.07, 6.45) is 1.75. The summed E-state index contributed by atoms with van der Waals surface area (Å²) in [5.41, 5.74) is 4.64. The van der Waals surface area contributed by atoms with E-state index in [4.69, 9.17) is 0 Å². The summed E-state index contributed by atoms with van der Waals surface area (Å²) >= 11 is 0. The Balaban J connectivity index is 0.000000186. The van der Waals surface area contributed by atoms with Gasteiger partial charge in [-0.15, -0.1) is 5.10 Å². The van der Waals surface area contributed by atoms with Gasteiger partial charge in [0.25, 0.3) is 0 Å². The van der Waals surface area contributed by atoms with Gasteiger partial charge in [-0.2, -0.15) is 5.10 Å². The Kier molecular flexibility index (Phi) is 3.24. The molecule has 0 bridgehead atoms. The lowest BCUT2D eigenvalue weighted by Gasteiger charge is -2.04. The summed E-state index contributed by atoms with van der Waals surface area (Å²) in [5.74, 6) is 0.252. The van der Waals surface area contributed by atoms with Gasteiger partial charge in [0, 0.05) is 16.3 Å². The van der Waals surface area contributed by atoms with E-state index < -0.39 is 0 Å². The molecule has 0 atom stereocenters. The van der Waals surface area contributed by atoms with Crippen molar-refractivity contribution in [3.05, 3.63) is 79.0 Å². The number of phenols is 1. The van der Waals surface area contributed by atoms with Crippen LogP contribution in [0.3, 0.4) is 0 Å². The number of phenolic OH excluding ortho intramolecular Hbond substituents is 1. The highest BCUT2D eigenvalue weighted by Gasteiger charge is 2.07. The van der Waals surface area contributed by atoms with Crippen LogP contribution in [0.1, 0.15) is 0 Å². The largest absolute Gasteiger partial charge is 0.508 e. The lowest BCUT2D eigenvalue weighted by molar-refractivity contribution is 0.475. The van der Waals surface area contributed by atoms with E-state index >= 15 is 0 Å². The standard InChI is InChI=1S/C14H10N2O.C6H4/c17-12-7-5-10(6-8-12)14-13-4-2-1-3-11(13)9-15-16-14;1-2-5-4-6(5)3-1/h1-9,17H;1-4H. The fourth-order valence-electron chi connectivity index (χ4n) is 2.54. The molecular weight excluding hydrogens is 284 g/mol. The van der Waals surface area contributed by atoms with Crippen LogP contribution in [-0.2, 0) is 0 Å². The second kappa shape index (κ2) is 5.54. The van der Waals surface area contributed by atoms with Gasteiger partial charge in [-0.3, -0.25) is 0 Å². The molecule has 1 N–H and O–H groups in total. The lowest BCUT2D eigenvalue weighted by Crippen LogP contribution is -1.88. The number of hydrogen-bond acceptors (Lipinski definition) is 3. The minimum Gasteiger partial charge on any atom is -0.508 e. The normalized spacial score (nSPS) is 10.8. The topological polar surface area (TPSA) is 46.0 Å². The zero-order valence-corrected chi connectivity index (χ0v) is 12.3. The number of benzene rings is 3. The van der Waals surface area contributed by atoms with Crippen LogP contribution in [0.5, 0.6) is 5.75 Å². The molecule has 110 valence electrons. The Hall–Kier alpha value is -3.20. The van der Waals surface area contributed by atoms with Crippen LogP contribution in [0.4, 0.5) is 0 Å². The van der Waals surface area contributed by atoms with Gasteiger partial charge in [-0.1, -0.05) is 42.5 Å². The molecule has 5 rings (SSSR count). The van der Waals surface area contributed by atoms with E-state index in [1.807, 2.05) is 36.4 Å². The van der Waals surface area contributed by atoms with Gasteiger partial charge >= 0.3 is 0 Å². The van der Waals surface area contributed by atoms with Gasteiger partial charge in [0.1, 0.15) is 11.4 Å². The third-order valence-electron chi connectivity index (χ3n) is 3.82. The summed E-state index contributed by atoms with van der Waals surface area (Å²) < 4.78 is 0. The highest BCUT2D eigenvalue weighted by Crippen LogP contribution is 2.32. The molecule has 0 saturated carbocycles. The van der Waals surface area contributed by atoms with Crippen molar-refractivity contribution < 1.29 is 5.11 Å². The second-order valence-corrected chi connectivity index (χ2v) is 5.41. The molecule has 1 aromatic heterocycles. The van der Waals surface area contributed by atoms with E-state index in [-0.39, 0.29) is 5.75 Å². The first-order valence-electron chi connectivity index (χ1n) is 7.41. The Labute approximate surface area is 133 Å². The summed E-state index contributed by atoms with van der Waals surface area (Å²) in [7, 11) is 0. The minimum absolute atomic E-state index is 0.252. The van der Waals surface area contributed by atoms with Crippen molar-refractivity contribution in [3.8, 4) is 28.1 Å². The molecule has 0 spiro atoms. The van der Waals surface area contributed by atoms with Gasteiger partial charge < -0.3 is 5.11 Å². The van der Waals surface area contributed by atoms with Crippen molar-refractivity contribution in [1.82, 2.24) is 10.2 Å². The molecule has 3 nitrogen and oxygen atoms in total. The molecule has 23 heavy (non-hydrogen) atoms. The van der Waals surface area contributed by atoms with Crippen molar-refractivity contribution in [1.29, 1.82) is 0 Å². The van der Waals surface area contributed by atoms with Crippen molar-refractivity contribution in [3.63, 3.8) is 0 Å². The Morgan fingerprint density at radius 3 is 2.09 bits per heavy atom. The first-order chi connectivity index (χ1) is 11.3. The van der Waals surface area contributed by atoms with Crippen molar-refractivity contribution in [2.45, 2.75) is 0 Å². The number of fused-ring (bicyclic) bond motifs is 2. The third-order valence-corrected chi connectivity index (χ3v) is 3.82. The van der Waals surface area contributed by atoms with Crippen molar-refractivity contribution in [2.24, 2.45) is 0 Å². The van der Waals surface area contributed by atoms with E-state index in [1.165, 1.54) is 11.1 Å². The van der Waals surface area contributed by atoms with Gasteiger partial charge in [0.05, 0.1) is 6.20 Å². The van der Waals surface area contributed by atoms with Crippen LogP contribution in [0.2, 0.25) is 0 Å². The zero-order chi connectivity index (χ0) is 15.6. The third kappa shape index (κ3) is 2.77. The number of nitrogens with zero attached hydrogens (tertiary/aromatic N) is 2. The van der Waals surface area contributed by atoms with E-state index in [9.17, 15) is 5.11 Å². The van der Waals surface area contributed by atoms with Crippen LogP contribution >= 0.6 is 0 Å². The maximum Gasteiger partial charge on any atom is 0.115 e. The van der Waals surface area contributed by atoms with E-state index in [2.05, 4.69) is 34.5 Å². The molecule has 0 unspecified atom stereocenters. The van der Waals surface area contributed by atoms with Crippen LogP contribution in [-0.4, -0.2) is 15.3 Å². The monoisotopic (exact) mass is 298 g/mol. The smallest absolute Gasteiger partial charge is 0.115 e. The summed E-state index contributed by atoms with van der Waals surface area (Å²) in [6.45, 7) is 0. The van der Waals surface area contributed by atoms with E-state index in [0.717, 1.165) is 22.0 Å². The van der Waals surface area contributed by atoms with Crippen LogP contribution in [0.15, 0.2) is 79.0 Å². The zero-order valence-electron chi connectivity index (χ0n) is 12.3. The molecule has 1 heterocycles. The van der Waals surface area contributed by atoms with Crippen LogP contribution in [0.25, 0.3) is 33.2 Å². The molecule has 0 radical (unpaired) electrons. The Morgan fingerprint density at radius 1 is 0.696 bits per heavy atom. The predicted octanol–water partition coefficient (Wildman–Crippen LogP) is 4.67. The number of hydrogen-bond donors (Lipinski definition) is 1. The SMILES string of the molecule is Oc1ccc(-c2nncc3ccccc23)cc1.c1cc2cc-2c1. The number of rotatable bonds is 1. The maximum atomic E-state index is 9.28.